The maximum absolute atomic E-state index is 15.4. The summed E-state index contributed by atoms with van der Waals surface area (Å²) in [5.74, 6) is -0.916. The Morgan fingerprint density at radius 2 is 1.74 bits per heavy atom. The number of aryl methyl sites for hydroxylation is 1. The van der Waals surface area contributed by atoms with Gasteiger partial charge in [0.05, 0.1) is 21.5 Å². The molecule has 1 aromatic heterocycles. The van der Waals surface area contributed by atoms with Crippen LogP contribution < -0.4 is 5.32 Å². The van der Waals surface area contributed by atoms with Crippen LogP contribution in [0.5, 0.6) is 0 Å². The predicted molar refractivity (Wildman–Crippen MR) is 135 cm³/mol. The van der Waals surface area contributed by atoms with E-state index in [4.69, 9.17) is 11.6 Å². The number of ketones is 2. The maximum Gasteiger partial charge on any atom is 0.171 e. The fourth-order valence-electron chi connectivity index (χ4n) is 3.71. The highest BCUT2D eigenvalue weighted by Gasteiger charge is 2.28. The molecule has 1 N–H and O–H groups in total. The molecule has 3 aromatic rings. The van der Waals surface area contributed by atoms with Crippen molar-refractivity contribution in [3.8, 4) is 0 Å². The Labute approximate surface area is 209 Å². The van der Waals surface area contributed by atoms with Gasteiger partial charge in [-0.15, -0.1) is 0 Å². The third kappa shape index (κ3) is 6.20. The maximum atomic E-state index is 15.4. The molecule has 0 saturated heterocycles. The van der Waals surface area contributed by atoms with Gasteiger partial charge in [0, 0.05) is 23.8 Å². The van der Waals surface area contributed by atoms with Crippen LogP contribution in [0.3, 0.4) is 0 Å². The molecule has 0 fully saturated rings. The van der Waals surface area contributed by atoms with E-state index in [9.17, 15) is 14.0 Å². The molecule has 5 nitrogen and oxygen atoms in total. The minimum Gasteiger partial charge on any atom is -0.365 e. The van der Waals surface area contributed by atoms with Gasteiger partial charge in [0.15, 0.2) is 5.78 Å². The number of hydrogen-bond donors (Lipinski definition) is 1. The number of halogens is 3. The summed E-state index contributed by atoms with van der Waals surface area (Å²) >= 11 is 6.22. The van der Waals surface area contributed by atoms with Crippen LogP contribution in [-0.4, -0.2) is 33.7 Å². The molecule has 0 bridgehead atoms. The number of alkyl halides is 1. The van der Waals surface area contributed by atoms with Gasteiger partial charge in [-0.25, -0.2) is 14.4 Å². The summed E-state index contributed by atoms with van der Waals surface area (Å²) in [6, 6.07) is 8.34. The van der Waals surface area contributed by atoms with Gasteiger partial charge in [0.2, 0.25) is 0 Å². The lowest BCUT2D eigenvalue weighted by molar-refractivity contribution is -0.127. The Balaban J connectivity index is 1.90. The van der Waals surface area contributed by atoms with Crippen molar-refractivity contribution in [2.24, 2.45) is 5.41 Å². The Bertz CT molecular complexity index is 1270. The highest BCUT2D eigenvalue weighted by Crippen LogP contribution is 2.29. The monoisotopic (exact) mass is 501 g/mol. The highest BCUT2D eigenvalue weighted by atomic mass is 35.5. The van der Waals surface area contributed by atoms with E-state index in [1.807, 2.05) is 26.8 Å². The number of nitrogens with one attached hydrogen (secondary N) is 1. The van der Waals surface area contributed by atoms with Crippen LogP contribution in [0.15, 0.2) is 36.7 Å². The van der Waals surface area contributed by atoms with E-state index in [0.29, 0.717) is 16.9 Å². The summed E-state index contributed by atoms with van der Waals surface area (Å²) in [5.41, 5.74) is -0.177. The predicted octanol–water partition coefficient (Wildman–Crippen LogP) is 6.56. The first-order chi connectivity index (χ1) is 16.3. The lowest BCUT2D eigenvalue weighted by atomic mass is 9.86. The zero-order valence-corrected chi connectivity index (χ0v) is 21.4. The van der Waals surface area contributed by atoms with E-state index in [2.05, 4.69) is 15.3 Å². The number of anilines is 1. The first-order valence-corrected chi connectivity index (χ1v) is 11.8. The topological polar surface area (TPSA) is 72.0 Å². The van der Waals surface area contributed by atoms with Crippen molar-refractivity contribution in [3.63, 3.8) is 0 Å². The summed E-state index contributed by atoms with van der Waals surface area (Å²) in [7, 11) is 0. The summed E-state index contributed by atoms with van der Waals surface area (Å²) in [4.78, 5) is 34.2. The van der Waals surface area contributed by atoms with Crippen LogP contribution in [0.25, 0.3) is 10.9 Å². The van der Waals surface area contributed by atoms with Gasteiger partial charge in [0.1, 0.15) is 30.4 Å². The molecule has 0 aliphatic rings. The molecule has 0 aliphatic heterocycles. The average molecular weight is 502 g/mol. The molecule has 3 rings (SSSR count). The van der Waals surface area contributed by atoms with Gasteiger partial charge in [-0.2, -0.15) is 0 Å². The normalized spacial score (nSPS) is 12.1. The van der Waals surface area contributed by atoms with Gasteiger partial charge in [0.25, 0.3) is 0 Å². The Hall–Kier alpha value is -2.93. The standard InChI is InChI=1S/C27H30ClF2N3O2/c1-26(2,3)33-25-18-8-6-7-17(24(18)31-15-32-25)13-20(34)22-19(28)11-9-16(23(22)30)10-12-21(35)27(4,5)14-29/h6-9,11,15H,10,12-14H2,1-5H3,(H,31,32,33). The minimum atomic E-state index is -1.13. The van der Waals surface area contributed by atoms with Crippen LogP contribution in [0, 0.1) is 11.2 Å². The zero-order valence-electron chi connectivity index (χ0n) is 20.6. The van der Waals surface area contributed by atoms with Crippen molar-refractivity contribution in [2.45, 2.75) is 59.4 Å². The second kappa shape index (κ2) is 10.4. The van der Waals surface area contributed by atoms with Gasteiger partial charge in [-0.05, 0) is 50.5 Å². The van der Waals surface area contributed by atoms with E-state index in [1.165, 1.54) is 32.3 Å². The second-order valence-electron chi connectivity index (χ2n) is 10.3. The molecule has 0 radical (unpaired) electrons. The third-order valence-corrected chi connectivity index (χ3v) is 6.07. The molecule has 0 spiro atoms. The molecule has 35 heavy (non-hydrogen) atoms. The number of aromatic nitrogens is 2. The highest BCUT2D eigenvalue weighted by molar-refractivity contribution is 6.34. The van der Waals surface area contributed by atoms with Gasteiger partial charge in [-0.3, -0.25) is 14.0 Å². The number of para-hydroxylation sites is 1. The van der Waals surface area contributed by atoms with E-state index in [0.717, 1.165) is 5.39 Å². The smallest absolute Gasteiger partial charge is 0.171 e. The number of nitrogens with zero attached hydrogens (tertiary/aromatic N) is 2. The van der Waals surface area contributed by atoms with Gasteiger partial charge in [-0.1, -0.05) is 43.6 Å². The number of carbonyl (C=O) groups excluding carboxylic acids is 2. The molecule has 8 heteroatoms. The zero-order chi connectivity index (χ0) is 26.0. The van der Waals surface area contributed by atoms with Gasteiger partial charge < -0.3 is 5.32 Å². The molecule has 0 amide bonds. The largest absolute Gasteiger partial charge is 0.365 e. The average Bonchev–Trinajstić information content (AvgIpc) is 2.78. The fraction of sp³-hybridized carbons (Fsp3) is 0.407. The number of fused-ring (bicyclic) bond motifs is 1. The van der Waals surface area contributed by atoms with Crippen molar-refractivity contribution in [1.82, 2.24) is 9.97 Å². The molecule has 0 saturated carbocycles. The molecule has 0 aliphatic carbocycles. The SMILES string of the molecule is CC(C)(C)Nc1ncnc2c(CC(=O)c3c(Cl)ccc(CCC(=O)C(C)(C)CF)c3F)cccc12. The van der Waals surface area contributed by atoms with E-state index >= 15 is 4.39 Å². The number of carbonyl (C=O) groups is 2. The molecular weight excluding hydrogens is 472 g/mol. The molecule has 0 unspecified atom stereocenters. The first kappa shape index (κ1) is 26.7. The van der Waals surface area contributed by atoms with Crippen LogP contribution in [0.4, 0.5) is 14.6 Å². The Kier molecular flexibility index (Phi) is 7.90. The van der Waals surface area contributed by atoms with Crippen LogP contribution in [0.1, 0.15) is 62.5 Å². The summed E-state index contributed by atoms with van der Waals surface area (Å²) < 4.78 is 28.5. The minimum absolute atomic E-state index is 0.00313. The van der Waals surface area contributed by atoms with Crippen LogP contribution in [0.2, 0.25) is 5.02 Å². The Morgan fingerprint density at radius 1 is 1.03 bits per heavy atom. The van der Waals surface area contributed by atoms with Crippen molar-refractivity contribution >= 4 is 39.9 Å². The summed E-state index contributed by atoms with van der Waals surface area (Å²) in [5, 5.41) is 4.08. The lowest BCUT2D eigenvalue weighted by Gasteiger charge is -2.22. The third-order valence-electron chi connectivity index (χ3n) is 5.75. The van der Waals surface area contributed by atoms with Crippen LogP contribution >= 0.6 is 11.6 Å². The lowest BCUT2D eigenvalue weighted by Crippen LogP contribution is -2.27. The molecule has 186 valence electrons. The Morgan fingerprint density at radius 3 is 2.40 bits per heavy atom. The van der Waals surface area contributed by atoms with Crippen molar-refractivity contribution in [2.75, 3.05) is 12.0 Å². The number of benzene rings is 2. The number of Topliss-reactive ketones (excluding diaryl/α,β-unsaturated/α-hetero) is 2. The van der Waals surface area contributed by atoms with Crippen molar-refractivity contribution in [1.29, 1.82) is 0 Å². The van der Waals surface area contributed by atoms with E-state index < -0.39 is 23.7 Å². The van der Waals surface area contributed by atoms with Crippen LogP contribution in [-0.2, 0) is 17.6 Å². The molecular formula is C27H30ClF2N3O2. The summed E-state index contributed by atoms with van der Waals surface area (Å²) in [6.07, 6.45) is 1.33. The summed E-state index contributed by atoms with van der Waals surface area (Å²) in [6.45, 7) is 8.27. The fourth-order valence-corrected chi connectivity index (χ4v) is 3.96. The van der Waals surface area contributed by atoms with Gasteiger partial charge >= 0.3 is 0 Å². The number of rotatable bonds is 9. The first-order valence-electron chi connectivity index (χ1n) is 11.4. The van der Waals surface area contributed by atoms with E-state index in [-0.39, 0.29) is 46.7 Å². The molecule has 2 aromatic carbocycles. The molecule has 1 heterocycles. The number of hydrogen-bond acceptors (Lipinski definition) is 5. The molecule has 0 atom stereocenters. The van der Waals surface area contributed by atoms with E-state index in [1.54, 1.807) is 12.1 Å². The van der Waals surface area contributed by atoms with Crippen molar-refractivity contribution in [3.05, 3.63) is 64.2 Å². The quantitative estimate of drug-likeness (QED) is 0.336. The second-order valence-corrected chi connectivity index (χ2v) is 10.8. The van der Waals surface area contributed by atoms with Crippen molar-refractivity contribution < 1.29 is 18.4 Å².